The molecule has 0 aliphatic heterocycles. The van der Waals surface area contributed by atoms with Crippen LogP contribution in [0, 0.1) is 6.92 Å². The van der Waals surface area contributed by atoms with Crippen LogP contribution in [0.2, 0.25) is 0 Å². The summed E-state index contributed by atoms with van der Waals surface area (Å²) in [5, 5.41) is 0. The number of carbonyl (C=O) groups is 1. The van der Waals surface area contributed by atoms with Gasteiger partial charge in [-0.15, -0.1) is 0 Å². The van der Waals surface area contributed by atoms with Gasteiger partial charge in [-0.3, -0.25) is 4.79 Å². The van der Waals surface area contributed by atoms with E-state index >= 15 is 0 Å². The van der Waals surface area contributed by atoms with E-state index in [2.05, 4.69) is 6.07 Å². The summed E-state index contributed by atoms with van der Waals surface area (Å²) in [7, 11) is 0. The molecule has 0 saturated heterocycles. The summed E-state index contributed by atoms with van der Waals surface area (Å²) in [5.41, 5.74) is 5.49. The van der Waals surface area contributed by atoms with Crippen molar-refractivity contribution in [2.24, 2.45) is 0 Å². The Kier molecular flexibility index (Phi) is 2.32. The molecule has 3 rings (SSSR count). The zero-order valence-corrected chi connectivity index (χ0v) is 9.86. The fourth-order valence-electron chi connectivity index (χ4n) is 2.21. The molecule has 1 nitrogen and oxygen atoms in total. The summed E-state index contributed by atoms with van der Waals surface area (Å²) in [6, 6.07) is 13.8. The molecule has 84 valence electrons. The van der Waals surface area contributed by atoms with E-state index in [1.807, 2.05) is 43.3 Å². The average Bonchev–Trinajstić information content (AvgIpc) is 2.31. The number of fused-ring (bicyclic) bond motifs is 1. The van der Waals surface area contributed by atoms with Crippen LogP contribution in [0.5, 0.6) is 0 Å². The van der Waals surface area contributed by atoms with Gasteiger partial charge < -0.3 is 0 Å². The molecule has 2 aromatic carbocycles. The van der Waals surface area contributed by atoms with Crippen LogP contribution in [0.3, 0.4) is 0 Å². The van der Waals surface area contributed by atoms with Crippen LogP contribution in [-0.4, -0.2) is 5.78 Å². The lowest BCUT2D eigenvalue weighted by molar-refractivity contribution is 0.103. The molecule has 0 radical (unpaired) electrons. The zero-order valence-electron chi connectivity index (χ0n) is 9.86. The molecule has 0 bridgehead atoms. The second kappa shape index (κ2) is 3.85. The van der Waals surface area contributed by atoms with E-state index in [9.17, 15) is 4.79 Å². The second-order valence-electron chi connectivity index (χ2n) is 4.68. The fourth-order valence-corrected chi connectivity index (χ4v) is 2.21. The molecule has 17 heavy (non-hydrogen) atoms. The summed E-state index contributed by atoms with van der Waals surface area (Å²) >= 11 is 0. The molecule has 0 amide bonds. The second-order valence-corrected chi connectivity index (χ2v) is 4.68. The van der Waals surface area contributed by atoms with E-state index in [-0.39, 0.29) is 5.78 Å². The minimum absolute atomic E-state index is 0.125. The molecule has 1 aliphatic carbocycles. The number of hydrogen-bond acceptors (Lipinski definition) is 1. The quantitative estimate of drug-likeness (QED) is 0.712. The van der Waals surface area contributed by atoms with Crippen molar-refractivity contribution in [1.82, 2.24) is 0 Å². The SMILES string of the molecule is Cc1ccc(C(=O)c2ccc3c(c2)CC3)cc1. The third-order valence-electron chi connectivity index (χ3n) is 3.45. The summed E-state index contributed by atoms with van der Waals surface area (Å²) < 4.78 is 0. The number of hydrogen-bond donors (Lipinski definition) is 0. The maximum absolute atomic E-state index is 12.2. The molecular formula is C16H14O. The highest BCUT2D eigenvalue weighted by Gasteiger charge is 2.16. The van der Waals surface area contributed by atoms with Crippen LogP contribution in [0.1, 0.15) is 32.6 Å². The maximum Gasteiger partial charge on any atom is 0.193 e. The Balaban J connectivity index is 1.95. The van der Waals surface area contributed by atoms with Crippen molar-refractivity contribution in [1.29, 1.82) is 0 Å². The molecule has 0 unspecified atom stereocenters. The Morgan fingerprint density at radius 2 is 1.53 bits per heavy atom. The van der Waals surface area contributed by atoms with Gasteiger partial charge in [0.2, 0.25) is 0 Å². The first-order valence-corrected chi connectivity index (χ1v) is 5.97. The molecule has 0 N–H and O–H groups in total. The Labute approximate surface area is 101 Å². The summed E-state index contributed by atoms with van der Waals surface area (Å²) in [5.74, 6) is 0.125. The molecule has 0 atom stereocenters. The van der Waals surface area contributed by atoms with Crippen molar-refractivity contribution in [3.8, 4) is 0 Å². The maximum atomic E-state index is 12.2. The van der Waals surface area contributed by atoms with Crippen LogP contribution in [-0.2, 0) is 12.8 Å². The Morgan fingerprint density at radius 3 is 2.12 bits per heavy atom. The fraction of sp³-hybridized carbons (Fsp3) is 0.188. The van der Waals surface area contributed by atoms with Crippen LogP contribution < -0.4 is 0 Å². The highest BCUT2D eigenvalue weighted by molar-refractivity contribution is 6.09. The molecule has 0 spiro atoms. The molecule has 0 heterocycles. The lowest BCUT2D eigenvalue weighted by Crippen LogP contribution is -2.10. The van der Waals surface area contributed by atoms with Crippen molar-refractivity contribution in [3.63, 3.8) is 0 Å². The number of carbonyl (C=O) groups excluding carboxylic acids is 1. The topological polar surface area (TPSA) is 17.1 Å². The van der Waals surface area contributed by atoms with Crippen LogP contribution >= 0.6 is 0 Å². The van der Waals surface area contributed by atoms with Crippen LogP contribution in [0.4, 0.5) is 0 Å². The van der Waals surface area contributed by atoms with Gasteiger partial charge in [-0.2, -0.15) is 0 Å². The smallest absolute Gasteiger partial charge is 0.193 e. The number of benzene rings is 2. The molecule has 1 aliphatic rings. The summed E-state index contributed by atoms with van der Waals surface area (Å²) in [6.07, 6.45) is 2.28. The molecular weight excluding hydrogens is 208 g/mol. The number of aryl methyl sites for hydroxylation is 3. The van der Waals surface area contributed by atoms with Gasteiger partial charge in [0.15, 0.2) is 5.78 Å². The Hall–Kier alpha value is -1.89. The minimum atomic E-state index is 0.125. The van der Waals surface area contributed by atoms with Gasteiger partial charge in [-0.25, -0.2) is 0 Å². The summed E-state index contributed by atoms with van der Waals surface area (Å²) in [4.78, 5) is 12.2. The predicted molar refractivity (Wildman–Crippen MR) is 68.5 cm³/mol. The van der Waals surface area contributed by atoms with E-state index in [0.29, 0.717) is 0 Å². The van der Waals surface area contributed by atoms with Gasteiger partial charge in [0.1, 0.15) is 0 Å². The molecule has 2 aromatic rings. The lowest BCUT2D eigenvalue weighted by atomic mass is 9.86. The minimum Gasteiger partial charge on any atom is -0.289 e. The van der Waals surface area contributed by atoms with Gasteiger partial charge >= 0.3 is 0 Å². The Morgan fingerprint density at radius 1 is 0.882 bits per heavy atom. The van der Waals surface area contributed by atoms with Gasteiger partial charge in [0.25, 0.3) is 0 Å². The number of ketones is 1. The summed E-state index contributed by atoms with van der Waals surface area (Å²) in [6.45, 7) is 2.03. The van der Waals surface area contributed by atoms with E-state index in [1.54, 1.807) is 0 Å². The first-order chi connectivity index (χ1) is 8.24. The largest absolute Gasteiger partial charge is 0.289 e. The highest BCUT2D eigenvalue weighted by atomic mass is 16.1. The highest BCUT2D eigenvalue weighted by Crippen LogP contribution is 2.24. The van der Waals surface area contributed by atoms with Gasteiger partial charge in [-0.05, 0) is 37.0 Å². The van der Waals surface area contributed by atoms with Crippen molar-refractivity contribution in [2.75, 3.05) is 0 Å². The normalized spacial score (nSPS) is 12.8. The van der Waals surface area contributed by atoms with Gasteiger partial charge in [0.05, 0.1) is 0 Å². The van der Waals surface area contributed by atoms with Crippen LogP contribution in [0.25, 0.3) is 0 Å². The molecule has 1 heteroatoms. The third-order valence-corrected chi connectivity index (χ3v) is 3.45. The first-order valence-electron chi connectivity index (χ1n) is 5.97. The Bertz CT molecular complexity index is 579. The standard InChI is InChI=1S/C16H14O/c1-11-2-4-13(5-3-11)16(17)15-9-7-12-6-8-14(12)10-15/h2-5,7,9-10H,6,8H2,1H3. The van der Waals surface area contributed by atoms with E-state index in [0.717, 1.165) is 24.0 Å². The van der Waals surface area contributed by atoms with Gasteiger partial charge in [0, 0.05) is 11.1 Å². The van der Waals surface area contributed by atoms with E-state index in [1.165, 1.54) is 16.7 Å². The van der Waals surface area contributed by atoms with Crippen molar-refractivity contribution in [3.05, 3.63) is 70.3 Å². The third kappa shape index (κ3) is 1.78. The van der Waals surface area contributed by atoms with Crippen molar-refractivity contribution >= 4 is 5.78 Å². The molecule has 0 fully saturated rings. The first kappa shape index (κ1) is 10.3. The monoisotopic (exact) mass is 222 g/mol. The van der Waals surface area contributed by atoms with Gasteiger partial charge in [-0.1, -0.05) is 42.0 Å². The van der Waals surface area contributed by atoms with Crippen molar-refractivity contribution in [2.45, 2.75) is 19.8 Å². The molecule has 0 saturated carbocycles. The molecule has 0 aromatic heterocycles. The lowest BCUT2D eigenvalue weighted by Gasteiger charge is -2.18. The van der Waals surface area contributed by atoms with Crippen LogP contribution in [0.15, 0.2) is 42.5 Å². The van der Waals surface area contributed by atoms with E-state index < -0.39 is 0 Å². The van der Waals surface area contributed by atoms with E-state index in [4.69, 9.17) is 0 Å². The average molecular weight is 222 g/mol. The predicted octanol–water partition coefficient (Wildman–Crippen LogP) is 3.32. The number of rotatable bonds is 2. The zero-order chi connectivity index (χ0) is 11.8. The van der Waals surface area contributed by atoms with Crippen molar-refractivity contribution < 1.29 is 4.79 Å².